The highest BCUT2D eigenvalue weighted by atomic mass is 79.9. The lowest BCUT2D eigenvalue weighted by molar-refractivity contribution is -0.190. The summed E-state index contributed by atoms with van der Waals surface area (Å²) in [6.45, 7) is 5.40. The van der Waals surface area contributed by atoms with Gasteiger partial charge in [-0.25, -0.2) is 4.79 Å². The van der Waals surface area contributed by atoms with Crippen LogP contribution in [0.15, 0.2) is 4.47 Å². The number of esters is 1. The highest BCUT2D eigenvalue weighted by Gasteiger charge is 2.49. The van der Waals surface area contributed by atoms with E-state index in [1.807, 2.05) is 6.92 Å². The fourth-order valence-corrected chi connectivity index (χ4v) is 5.73. The molecule has 2 fully saturated rings. The minimum absolute atomic E-state index is 0.356. The highest BCUT2D eigenvalue weighted by Crippen LogP contribution is 2.52. The average Bonchev–Trinajstić information content (AvgIpc) is 3.26. The van der Waals surface area contributed by atoms with E-state index in [1.165, 1.54) is 7.11 Å². The van der Waals surface area contributed by atoms with Crippen molar-refractivity contribution in [2.75, 3.05) is 20.3 Å². The van der Waals surface area contributed by atoms with Gasteiger partial charge in [-0.05, 0) is 48.5 Å². The topological polar surface area (TPSA) is 54.0 Å². The predicted molar refractivity (Wildman–Crippen MR) is 105 cm³/mol. The molecule has 5 nitrogen and oxygen atoms in total. The van der Waals surface area contributed by atoms with Crippen molar-refractivity contribution in [3.63, 3.8) is 0 Å². The molecule has 1 aromatic carbocycles. The monoisotopic (exact) mass is 458 g/mol. The van der Waals surface area contributed by atoms with Gasteiger partial charge in [-0.1, -0.05) is 11.6 Å². The Labute approximate surface area is 172 Å². The zero-order chi connectivity index (χ0) is 19.4. The van der Waals surface area contributed by atoms with E-state index in [4.69, 9.17) is 30.5 Å². The second-order valence-electron chi connectivity index (χ2n) is 7.90. The molecular formula is C20H24BrClO5. The molecule has 0 N–H and O–H groups in total. The Bertz CT molecular complexity index is 779. The summed E-state index contributed by atoms with van der Waals surface area (Å²) in [6, 6.07) is 0. The fourth-order valence-electron chi connectivity index (χ4n) is 4.79. The number of ether oxygens (including phenoxy) is 4. The lowest BCUT2D eigenvalue weighted by Crippen LogP contribution is -2.45. The molecule has 1 saturated heterocycles. The Morgan fingerprint density at radius 1 is 1.26 bits per heavy atom. The lowest BCUT2D eigenvalue weighted by atomic mass is 9.74. The van der Waals surface area contributed by atoms with E-state index >= 15 is 0 Å². The second-order valence-corrected chi connectivity index (χ2v) is 9.07. The third-order valence-corrected chi connectivity index (χ3v) is 7.78. The van der Waals surface area contributed by atoms with Crippen LogP contribution in [-0.2, 0) is 20.6 Å². The van der Waals surface area contributed by atoms with Crippen LogP contribution in [0, 0.1) is 12.8 Å². The molecule has 27 heavy (non-hydrogen) atoms. The molecule has 1 aromatic rings. The summed E-state index contributed by atoms with van der Waals surface area (Å²) in [7, 11) is 1.37. The molecule has 0 amide bonds. The fraction of sp³-hybridized carbons (Fsp3) is 0.650. The van der Waals surface area contributed by atoms with Crippen molar-refractivity contribution in [1.82, 2.24) is 0 Å². The van der Waals surface area contributed by atoms with Crippen LogP contribution in [0.5, 0.6) is 5.75 Å². The van der Waals surface area contributed by atoms with Crippen LogP contribution >= 0.6 is 27.5 Å². The molecule has 1 aliphatic carbocycles. The van der Waals surface area contributed by atoms with Crippen molar-refractivity contribution < 1.29 is 23.7 Å². The number of halogens is 2. The summed E-state index contributed by atoms with van der Waals surface area (Å²) in [4.78, 5) is 12.2. The summed E-state index contributed by atoms with van der Waals surface area (Å²) in [5, 5.41) is 0.537. The van der Waals surface area contributed by atoms with E-state index in [2.05, 4.69) is 22.9 Å². The molecule has 1 saturated carbocycles. The highest BCUT2D eigenvalue weighted by molar-refractivity contribution is 9.10. The Morgan fingerprint density at radius 3 is 2.48 bits per heavy atom. The van der Waals surface area contributed by atoms with Gasteiger partial charge in [-0.2, -0.15) is 0 Å². The van der Waals surface area contributed by atoms with Gasteiger partial charge in [0.05, 0.1) is 35.4 Å². The Hall–Kier alpha value is -0.820. The molecule has 4 rings (SSSR count). The van der Waals surface area contributed by atoms with Crippen molar-refractivity contribution in [1.29, 1.82) is 0 Å². The maximum Gasteiger partial charge on any atom is 0.339 e. The average molecular weight is 460 g/mol. The van der Waals surface area contributed by atoms with Gasteiger partial charge in [-0.15, -0.1) is 0 Å². The summed E-state index contributed by atoms with van der Waals surface area (Å²) in [5.41, 5.74) is 1.81. The Kier molecular flexibility index (Phi) is 4.98. The quantitative estimate of drug-likeness (QED) is 0.593. The standard InChI is InChI=1S/C20H24BrClO5/c1-11-14(18(23)24-3)15(21)16(22)13-10-19(2,27-17(11)13)12-4-6-20(7-5-12)25-8-9-26-20/h12H,4-10H2,1-3H3. The number of hydrogen-bond acceptors (Lipinski definition) is 5. The van der Waals surface area contributed by atoms with E-state index in [0.29, 0.717) is 34.2 Å². The first kappa shape index (κ1) is 19.5. The van der Waals surface area contributed by atoms with E-state index in [9.17, 15) is 4.79 Å². The largest absolute Gasteiger partial charge is 0.486 e. The second kappa shape index (κ2) is 6.90. The molecule has 0 aromatic heterocycles. The molecule has 7 heteroatoms. The summed E-state index contributed by atoms with van der Waals surface area (Å²) < 4.78 is 23.7. The Morgan fingerprint density at radius 2 is 1.89 bits per heavy atom. The summed E-state index contributed by atoms with van der Waals surface area (Å²) in [6.07, 6.45) is 4.45. The van der Waals surface area contributed by atoms with Crippen molar-refractivity contribution in [3.05, 3.63) is 26.2 Å². The third kappa shape index (κ3) is 3.09. The predicted octanol–water partition coefficient (Wildman–Crippen LogP) is 4.82. The molecule has 3 aliphatic rings. The van der Waals surface area contributed by atoms with E-state index in [0.717, 1.165) is 49.0 Å². The van der Waals surface area contributed by atoms with E-state index in [1.54, 1.807) is 0 Å². The maximum absolute atomic E-state index is 12.2. The number of carbonyl (C=O) groups excluding carboxylic acids is 1. The normalized spacial score (nSPS) is 26.9. The molecule has 2 heterocycles. The maximum atomic E-state index is 12.2. The van der Waals surface area contributed by atoms with E-state index in [-0.39, 0.29) is 11.4 Å². The number of benzene rings is 1. The van der Waals surface area contributed by atoms with Crippen LogP contribution in [0.1, 0.15) is 54.1 Å². The van der Waals surface area contributed by atoms with Gasteiger partial charge >= 0.3 is 5.97 Å². The van der Waals surface area contributed by atoms with Crippen LogP contribution in [-0.4, -0.2) is 37.7 Å². The molecule has 1 unspecified atom stereocenters. The first-order valence-electron chi connectivity index (χ1n) is 9.36. The minimum Gasteiger partial charge on any atom is -0.486 e. The van der Waals surface area contributed by atoms with Crippen LogP contribution < -0.4 is 4.74 Å². The number of rotatable bonds is 2. The van der Waals surface area contributed by atoms with Crippen LogP contribution in [0.4, 0.5) is 0 Å². The molecule has 0 radical (unpaired) electrons. The molecular weight excluding hydrogens is 436 g/mol. The Balaban J connectivity index is 1.61. The van der Waals surface area contributed by atoms with Crippen molar-refractivity contribution in [3.8, 4) is 5.75 Å². The SMILES string of the molecule is COC(=O)c1c(C)c2c(c(Cl)c1Br)CC(C)(C1CCC3(CC1)OCCO3)O2. The van der Waals surface area contributed by atoms with E-state index < -0.39 is 5.97 Å². The molecule has 1 spiro atoms. The van der Waals surface area contributed by atoms with Crippen molar-refractivity contribution in [2.24, 2.45) is 5.92 Å². The smallest absolute Gasteiger partial charge is 0.339 e. The van der Waals surface area contributed by atoms with Crippen molar-refractivity contribution in [2.45, 2.75) is 57.3 Å². The van der Waals surface area contributed by atoms with Gasteiger partial charge in [0.15, 0.2) is 5.79 Å². The van der Waals surface area contributed by atoms with Crippen LogP contribution in [0.2, 0.25) is 5.02 Å². The lowest BCUT2D eigenvalue weighted by Gasteiger charge is -2.41. The summed E-state index contributed by atoms with van der Waals surface area (Å²) in [5.74, 6) is 0.294. The number of carbonyl (C=O) groups is 1. The summed E-state index contributed by atoms with van der Waals surface area (Å²) >= 11 is 10.1. The zero-order valence-electron chi connectivity index (χ0n) is 15.8. The first-order chi connectivity index (χ1) is 12.8. The molecule has 148 valence electrons. The van der Waals surface area contributed by atoms with Gasteiger partial charge < -0.3 is 18.9 Å². The van der Waals surface area contributed by atoms with Gasteiger partial charge in [0.1, 0.15) is 11.4 Å². The van der Waals surface area contributed by atoms with Crippen LogP contribution in [0.3, 0.4) is 0 Å². The number of hydrogen-bond donors (Lipinski definition) is 0. The van der Waals surface area contributed by atoms with Gasteiger partial charge in [-0.3, -0.25) is 0 Å². The number of methoxy groups -OCH3 is 1. The van der Waals surface area contributed by atoms with Gasteiger partial charge in [0.2, 0.25) is 0 Å². The minimum atomic E-state index is -0.420. The van der Waals surface area contributed by atoms with Crippen molar-refractivity contribution >= 4 is 33.5 Å². The number of fused-ring (bicyclic) bond motifs is 1. The first-order valence-corrected chi connectivity index (χ1v) is 10.5. The van der Waals surface area contributed by atoms with Gasteiger partial charge in [0, 0.05) is 30.4 Å². The third-order valence-electron chi connectivity index (χ3n) is 6.34. The van der Waals surface area contributed by atoms with Gasteiger partial charge in [0.25, 0.3) is 0 Å². The zero-order valence-corrected chi connectivity index (χ0v) is 18.2. The molecule has 0 bridgehead atoms. The molecule has 1 atom stereocenters. The van der Waals surface area contributed by atoms with Crippen LogP contribution in [0.25, 0.3) is 0 Å². The molecule has 2 aliphatic heterocycles.